The Morgan fingerprint density at radius 3 is 2.58 bits per heavy atom. The number of aromatic nitrogens is 1. The maximum atomic E-state index is 5.33. The predicted molar refractivity (Wildman–Crippen MR) is 106 cm³/mol. The fraction of sp³-hybridized carbons (Fsp3) is 0.286. The zero-order valence-electron chi connectivity index (χ0n) is 15.7. The number of benzene rings is 2. The molecule has 1 heterocycles. The fourth-order valence-corrected chi connectivity index (χ4v) is 3.00. The van der Waals surface area contributed by atoms with Crippen LogP contribution < -0.4 is 14.9 Å². The van der Waals surface area contributed by atoms with Crippen LogP contribution in [0, 0.1) is 0 Å². The van der Waals surface area contributed by atoms with Gasteiger partial charge in [-0.2, -0.15) is 5.10 Å². The van der Waals surface area contributed by atoms with E-state index in [0.717, 1.165) is 22.6 Å². The zero-order valence-corrected chi connectivity index (χ0v) is 15.7. The highest BCUT2D eigenvalue weighted by molar-refractivity contribution is 5.99. The lowest BCUT2D eigenvalue weighted by Crippen LogP contribution is -2.06. The molecule has 136 valence electrons. The van der Waals surface area contributed by atoms with E-state index >= 15 is 0 Å². The second kappa shape index (κ2) is 7.95. The number of hydrazone groups is 1. The van der Waals surface area contributed by atoms with E-state index in [1.807, 2.05) is 24.4 Å². The molecule has 0 aliphatic carbocycles. The van der Waals surface area contributed by atoms with Gasteiger partial charge in [-0.25, -0.2) is 0 Å². The van der Waals surface area contributed by atoms with E-state index in [2.05, 4.69) is 59.4 Å². The fourth-order valence-electron chi connectivity index (χ4n) is 3.00. The molecule has 1 aromatic heterocycles. The van der Waals surface area contributed by atoms with Crippen molar-refractivity contribution in [2.24, 2.45) is 5.10 Å². The molecule has 0 saturated carbocycles. The molecule has 1 N–H and O–H groups in total. The van der Waals surface area contributed by atoms with E-state index in [-0.39, 0.29) is 0 Å². The minimum atomic E-state index is 0.404. The topological polar surface area (TPSA) is 47.8 Å². The van der Waals surface area contributed by atoms with E-state index in [9.17, 15) is 0 Å². The first kappa shape index (κ1) is 17.9. The summed E-state index contributed by atoms with van der Waals surface area (Å²) >= 11 is 0. The summed E-state index contributed by atoms with van der Waals surface area (Å²) in [4.78, 5) is 0. The highest BCUT2D eigenvalue weighted by atomic mass is 16.5. The molecular formula is C21H25N3O2. The van der Waals surface area contributed by atoms with Gasteiger partial charge < -0.3 is 19.5 Å². The SMILES string of the molecule is COc1ccc(CN/N=C\c2cn(C(C)C)c3ccccc23)cc1OC. The average molecular weight is 351 g/mol. The normalized spacial score (nSPS) is 11.4. The van der Waals surface area contributed by atoms with Crippen LogP contribution in [0.5, 0.6) is 11.5 Å². The van der Waals surface area contributed by atoms with Gasteiger partial charge in [-0.3, -0.25) is 0 Å². The summed E-state index contributed by atoms with van der Waals surface area (Å²) in [6.07, 6.45) is 4.03. The van der Waals surface area contributed by atoms with Crippen molar-refractivity contribution in [3.05, 3.63) is 59.8 Å². The lowest BCUT2D eigenvalue weighted by molar-refractivity contribution is 0.354. The number of fused-ring (bicyclic) bond motifs is 1. The third-order valence-electron chi connectivity index (χ3n) is 4.35. The van der Waals surface area contributed by atoms with Gasteiger partial charge in [-0.15, -0.1) is 0 Å². The highest BCUT2D eigenvalue weighted by Crippen LogP contribution is 2.27. The second-order valence-electron chi connectivity index (χ2n) is 6.39. The molecule has 3 rings (SSSR count). The summed E-state index contributed by atoms with van der Waals surface area (Å²) in [6, 6.07) is 14.6. The number of rotatable bonds is 7. The van der Waals surface area contributed by atoms with Crippen molar-refractivity contribution in [3.63, 3.8) is 0 Å². The van der Waals surface area contributed by atoms with Gasteiger partial charge in [0.1, 0.15) is 0 Å². The van der Waals surface area contributed by atoms with Gasteiger partial charge in [0.15, 0.2) is 11.5 Å². The smallest absolute Gasteiger partial charge is 0.161 e. The lowest BCUT2D eigenvalue weighted by atomic mass is 10.2. The van der Waals surface area contributed by atoms with Crippen LogP contribution in [-0.4, -0.2) is 25.0 Å². The van der Waals surface area contributed by atoms with E-state index < -0.39 is 0 Å². The number of hydrogen-bond acceptors (Lipinski definition) is 4. The average Bonchev–Trinajstić information content (AvgIpc) is 3.04. The van der Waals surface area contributed by atoms with Gasteiger partial charge in [0.2, 0.25) is 0 Å². The van der Waals surface area contributed by atoms with Crippen LogP contribution in [0.1, 0.15) is 31.0 Å². The molecular weight excluding hydrogens is 326 g/mol. The Morgan fingerprint density at radius 2 is 1.85 bits per heavy atom. The van der Waals surface area contributed by atoms with Crippen molar-refractivity contribution in [3.8, 4) is 11.5 Å². The first-order valence-electron chi connectivity index (χ1n) is 8.70. The van der Waals surface area contributed by atoms with Crippen LogP contribution in [0.15, 0.2) is 53.8 Å². The van der Waals surface area contributed by atoms with E-state index in [0.29, 0.717) is 12.6 Å². The molecule has 26 heavy (non-hydrogen) atoms. The third-order valence-corrected chi connectivity index (χ3v) is 4.35. The van der Waals surface area contributed by atoms with Gasteiger partial charge in [0.25, 0.3) is 0 Å². The van der Waals surface area contributed by atoms with Gasteiger partial charge in [-0.05, 0) is 37.6 Å². The quantitative estimate of drug-likeness (QED) is 0.508. The molecule has 0 bridgehead atoms. The van der Waals surface area contributed by atoms with Gasteiger partial charge >= 0.3 is 0 Å². The molecule has 5 heteroatoms. The molecule has 0 radical (unpaired) electrons. The Labute approximate surface area is 154 Å². The largest absolute Gasteiger partial charge is 0.493 e. The molecule has 0 aliphatic heterocycles. The van der Waals surface area contributed by atoms with E-state index in [1.165, 1.54) is 10.9 Å². The molecule has 2 aromatic carbocycles. The van der Waals surface area contributed by atoms with E-state index in [4.69, 9.17) is 9.47 Å². The number of para-hydroxylation sites is 1. The van der Waals surface area contributed by atoms with Crippen LogP contribution in [0.25, 0.3) is 10.9 Å². The summed E-state index contributed by atoms with van der Waals surface area (Å²) in [5.74, 6) is 1.44. The van der Waals surface area contributed by atoms with Crippen molar-refractivity contribution < 1.29 is 9.47 Å². The third kappa shape index (κ3) is 3.67. The predicted octanol–water partition coefficient (Wildman–Crippen LogP) is 4.36. The van der Waals surface area contributed by atoms with Gasteiger partial charge in [-0.1, -0.05) is 24.3 Å². The first-order chi connectivity index (χ1) is 12.6. The molecule has 0 spiro atoms. The molecule has 0 saturated heterocycles. The summed E-state index contributed by atoms with van der Waals surface area (Å²) in [7, 11) is 3.27. The van der Waals surface area contributed by atoms with Crippen LogP contribution in [0.2, 0.25) is 0 Å². The zero-order chi connectivity index (χ0) is 18.5. The van der Waals surface area contributed by atoms with E-state index in [1.54, 1.807) is 14.2 Å². The van der Waals surface area contributed by atoms with Crippen LogP contribution in [-0.2, 0) is 6.54 Å². The van der Waals surface area contributed by atoms with Gasteiger partial charge in [0, 0.05) is 28.7 Å². The monoisotopic (exact) mass is 351 g/mol. The van der Waals surface area contributed by atoms with Gasteiger partial charge in [0.05, 0.1) is 27.0 Å². The molecule has 5 nitrogen and oxygen atoms in total. The summed E-state index contributed by atoms with van der Waals surface area (Å²) in [5, 5.41) is 5.60. The maximum absolute atomic E-state index is 5.33. The molecule has 0 fully saturated rings. The molecule has 3 aromatic rings. The Hall–Kier alpha value is -2.95. The Bertz CT molecular complexity index is 913. The van der Waals surface area contributed by atoms with Crippen LogP contribution in [0.4, 0.5) is 0 Å². The summed E-state index contributed by atoms with van der Waals surface area (Å²) in [5.41, 5.74) is 6.51. The minimum Gasteiger partial charge on any atom is -0.493 e. The molecule has 0 aliphatic rings. The number of methoxy groups -OCH3 is 2. The number of nitrogens with zero attached hydrogens (tertiary/aromatic N) is 2. The summed E-state index contributed by atoms with van der Waals surface area (Å²) < 4.78 is 12.9. The van der Waals surface area contributed by atoms with Crippen molar-refractivity contribution in [1.29, 1.82) is 0 Å². The Kier molecular flexibility index (Phi) is 5.46. The maximum Gasteiger partial charge on any atom is 0.161 e. The number of ether oxygens (including phenoxy) is 2. The minimum absolute atomic E-state index is 0.404. The van der Waals surface area contributed by atoms with Crippen LogP contribution in [0.3, 0.4) is 0 Å². The second-order valence-corrected chi connectivity index (χ2v) is 6.39. The highest BCUT2D eigenvalue weighted by Gasteiger charge is 2.08. The number of nitrogens with one attached hydrogen (secondary N) is 1. The standard InChI is InChI=1S/C21H25N3O2/c1-15(2)24-14-17(18-7-5-6-8-19(18)24)13-23-22-12-16-9-10-20(25-3)21(11-16)26-4/h5-11,13-15,22H,12H2,1-4H3/b23-13-. The van der Waals surface area contributed by atoms with Crippen LogP contribution >= 0.6 is 0 Å². The molecule has 0 atom stereocenters. The molecule has 0 amide bonds. The van der Waals surface area contributed by atoms with Crippen molar-refractivity contribution in [2.75, 3.05) is 14.2 Å². The molecule has 0 unspecified atom stereocenters. The first-order valence-corrected chi connectivity index (χ1v) is 8.70. The van der Waals surface area contributed by atoms with Crippen molar-refractivity contribution in [2.45, 2.75) is 26.4 Å². The van der Waals surface area contributed by atoms with Crippen molar-refractivity contribution in [1.82, 2.24) is 9.99 Å². The van der Waals surface area contributed by atoms with Crippen molar-refractivity contribution >= 4 is 17.1 Å². The number of hydrogen-bond donors (Lipinski definition) is 1. The Morgan fingerprint density at radius 1 is 1.08 bits per heavy atom. The summed E-state index contributed by atoms with van der Waals surface area (Å²) in [6.45, 7) is 4.98. The Balaban J connectivity index is 1.73. The lowest BCUT2D eigenvalue weighted by Gasteiger charge is -2.09.